The van der Waals surface area contributed by atoms with E-state index in [-0.39, 0.29) is 6.61 Å². The van der Waals surface area contributed by atoms with Gasteiger partial charge in [0.05, 0.1) is 6.61 Å². The lowest BCUT2D eigenvalue weighted by atomic mass is 10.00. The first kappa shape index (κ1) is 11.2. The van der Waals surface area contributed by atoms with Gasteiger partial charge in [-0.05, 0) is 35.8 Å². The molecule has 13 heavy (non-hydrogen) atoms. The van der Waals surface area contributed by atoms with Gasteiger partial charge >= 0.3 is 0 Å². The summed E-state index contributed by atoms with van der Waals surface area (Å²) in [6.45, 7) is 3.93. The summed E-state index contributed by atoms with van der Waals surface area (Å²) in [5.41, 5.74) is 5.35. The third kappa shape index (κ3) is 3.06. The Labute approximate surface area is 90.9 Å². The van der Waals surface area contributed by atoms with Gasteiger partial charge in [0.25, 0.3) is 0 Å². The molecule has 1 heterocycles. The molecule has 3 N–H and O–H groups in total. The van der Waals surface area contributed by atoms with E-state index in [1.807, 2.05) is 6.92 Å². The molecule has 0 aromatic carbocycles. The minimum absolute atomic E-state index is 0.0154. The summed E-state index contributed by atoms with van der Waals surface area (Å²) in [5, 5.41) is 9.00. The Morgan fingerprint density at radius 1 is 1.69 bits per heavy atom. The van der Waals surface area contributed by atoms with E-state index in [4.69, 9.17) is 10.8 Å². The normalized spacial score (nSPS) is 15.8. The molecule has 1 aromatic rings. The number of hydrogen-bond donors (Lipinski definition) is 2. The fourth-order valence-corrected chi connectivity index (χ4v) is 2.86. The number of aliphatic hydroxyl groups excluding tert-OH is 1. The summed E-state index contributed by atoms with van der Waals surface area (Å²) in [6.07, 6.45) is 0.723. The van der Waals surface area contributed by atoms with Crippen LogP contribution in [0.4, 0.5) is 0 Å². The number of halogens is 1. The van der Waals surface area contributed by atoms with Crippen LogP contribution in [-0.2, 0) is 6.42 Å². The maximum atomic E-state index is 9.00. The van der Waals surface area contributed by atoms with Gasteiger partial charge in [-0.2, -0.15) is 0 Å². The summed E-state index contributed by atoms with van der Waals surface area (Å²) in [4.78, 5) is 2.46. The Hall–Kier alpha value is 0.100. The van der Waals surface area contributed by atoms with Crippen molar-refractivity contribution < 1.29 is 5.11 Å². The van der Waals surface area contributed by atoms with E-state index >= 15 is 0 Å². The molecule has 2 nitrogen and oxygen atoms in total. The van der Waals surface area contributed by atoms with Gasteiger partial charge in [0.15, 0.2) is 0 Å². The largest absolute Gasteiger partial charge is 0.394 e. The number of thiophene rings is 1. The highest BCUT2D eigenvalue weighted by Crippen LogP contribution is 2.28. The first-order chi connectivity index (χ1) is 5.94. The second kappa shape index (κ2) is 4.09. The molecule has 0 aliphatic heterocycles. The molecule has 4 heteroatoms. The maximum absolute atomic E-state index is 9.00. The lowest BCUT2D eigenvalue weighted by Gasteiger charge is -2.20. The second-order valence-corrected chi connectivity index (χ2v) is 5.80. The Morgan fingerprint density at radius 3 is 2.69 bits per heavy atom. The topological polar surface area (TPSA) is 46.2 Å². The van der Waals surface area contributed by atoms with Crippen molar-refractivity contribution in [1.82, 2.24) is 0 Å². The van der Waals surface area contributed by atoms with E-state index in [0.29, 0.717) is 0 Å². The van der Waals surface area contributed by atoms with Gasteiger partial charge in [0.2, 0.25) is 0 Å². The third-order valence-corrected chi connectivity index (χ3v) is 3.98. The lowest BCUT2D eigenvalue weighted by molar-refractivity contribution is 0.209. The van der Waals surface area contributed by atoms with Gasteiger partial charge in [0.1, 0.15) is 0 Å². The molecular weight excluding hydrogens is 250 g/mol. The summed E-state index contributed by atoms with van der Waals surface area (Å²) in [7, 11) is 0. The van der Waals surface area contributed by atoms with Crippen LogP contribution in [0, 0.1) is 6.92 Å². The summed E-state index contributed by atoms with van der Waals surface area (Å²) in [5.74, 6) is 0. The van der Waals surface area contributed by atoms with Crippen molar-refractivity contribution in [3.8, 4) is 0 Å². The van der Waals surface area contributed by atoms with E-state index in [1.54, 1.807) is 11.3 Å². The van der Waals surface area contributed by atoms with E-state index in [9.17, 15) is 0 Å². The zero-order valence-electron chi connectivity index (χ0n) is 7.80. The highest BCUT2D eigenvalue weighted by molar-refractivity contribution is 9.10. The SMILES string of the molecule is Cc1sc(CC(C)(N)CO)cc1Br. The number of aliphatic hydroxyl groups is 1. The fraction of sp³-hybridized carbons (Fsp3) is 0.556. The van der Waals surface area contributed by atoms with E-state index in [2.05, 4.69) is 28.9 Å². The number of hydrogen-bond acceptors (Lipinski definition) is 3. The standard InChI is InChI=1S/C9H14BrNOS/c1-6-8(10)3-7(13-6)4-9(2,11)5-12/h3,12H,4-5,11H2,1-2H3. The predicted molar refractivity (Wildman–Crippen MR) is 60.1 cm³/mol. The molecule has 1 unspecified atom stereocenters. The van der Waals surface area contributed by atoms with Gasteiger partial charge in [-0.1, -0.05) is 0 Å². The van der Waals surface area contributed by atoms with Crippen LogP contribution in [0.15, 0.2) is 10.5 Å². The third-order valence-electron chi connectivity index (χ3n) is 1.85. The average molecular weight is 264 g/mol. The highest BCUT2D eigenvalue weighted by Gasteiger charge is 2.19. The molecule has 0 bridgehead atoms. The summed E-state index contributed by atoms with van der Waals surface area (Å²) < 4.78 is 1.13. The monoisotopic (exact) mass is 263 g/mol. The summed E-state index contributed by atoms with van der Waals surface area (Å²) in [6, 6.07) is 2.07. The number of nitrogens with two attached hydrogens (primary N) is 1. The first-order valence-corrected chi connectivity index (χ1v) is 5.70. The molecule has 0 radical (unpaired) electrons. The molecule has 0 saturated carbocycles. The van der Waals surface area contributed by atoms with Gasteiger partial charge in [-0.25, -0.2) is 0 Å². The van der Waals surface area contributed by atoms with Crippen molar-refractivity contribution in [3.63, 3.8) is 0 Å². The van der Waals surface area contributed by atoms with E-state index < -0.39 is 5.54 Å². The second-order valence-electron chi connectivity index (χ2n) is 3.61. The number of rotatable bonds is 3. The Morgan fingerprint density at radius 2 is 2.31 bits per heavy atom. The van der Waals surface area contributed by atoms with Crippen molar-refractivity contribution in [2.24, 2.45) is 5.73 Å². The van der Waals surface area contributed by atoms with Crippen LogP contribution in [0.3, 0.4) is 0 Å². The molecule has 0 amide bonds. The quantitative estimate of drug-likeness (QED) is 0.878. The predicted octanol–water partition coefficient (Wildman–Crippen LogP) is 2.07. The van der Waals surface area contributed by atoms with Crippen LogP contribution < -0.4 is 5.73 Å². The summed E-state index contributed by atoms with van der Waals surface area (Å²) >= 11 is 5.17. The van der Waals surface area contributed by atoms with Gasteiger partial charge in [-0.15, -0.1) is 11.3 Å². The molecule has 0 spiro atoms. The van der Waals surface area contributed by atoms with Crippen LogP contribution in [-0.4, -0.2) is 17.3 Å². The molecule has 0 fully saturated rings. The van der Waals surface area contributed by atoms with Crippen molar-refractivity contribution in [3.05, 3.63) is 20.3 Å². The zero-order valence-corrected chi connectivity index (χ0v) is 10.2. The number of aryl methyl sites for hydroxylation is 1. The van der Waals surface area contributed by atoms with Crippen LogP contribution in [0.25, 0.3) is 0 Å². The van der Waals surface area contributed by atoms with Crippen LogP contribution in [0.2, 0.25) is 0 Å². The molecule has 1 aromatic heterocycles. The molecule has 0 saturated heterocycles. The van der Waals surface area contributed by atoms with Crippen LogP contribution in [0.5, 0.6) is 0 Å². The minimum Gasteiger partial charge on any atom is -0.394 e. The Balaban J connectivity index is 2.75. The van der Waals surface area contributed by atoms with Crippen molar-refractivity contribution in [1.29, 1.82) is 0 Å². The smallest absolute Gasteiger partial charge is 0.0612 e. The van der Waals surface area contributed by atoms with Crippen LogP contribution in [0.1, 0.15) is 16.7 Å². The van der Waals surface area contributed by atoms with Gasteiger partial charge in [-0.3, -0.25) is 0 Å². The average Bonchev–Trinajstić information content (AvgIpc) is 2.30. The molecule has 74 valence electrons. The molecule has 1 atom stereocenters. The maximum Gasteiger partial charge on any atom is 0.0612 e. The van der Waals surface area contributed by atoms with Gasteiger partial charge < -0.3 is 10.8 Å². The van der Waals surface area contributed by atoms with Crippen molar-refractivity contribution in [2.45, 2.75) is 25.8 Å². The molecular formula is C9H14BrNOS. The van der Waals surface area contributed by atoms with Gasteiger partial charge in [0, 0.05) is 26.2 Å². The van der Waals surface area contributed by atoms with E-state index in [0.717, 1.165) is 10.9 Å². The van der Waals surface area contributed by atoms with Crippen molar-refractivity contribution in [2.75, 3.05) is 6.61 Å². The Bertz CT molecular complexity index is 276. The van der Waals surface area contributed by atoms with Crippen LogP contribution >= 0.6 is 27.3 Å². The zero-order chi connectivity index (χ0) is 10.1. The molecule has 0 aliphatic rings. The first-order valence-electron chi connectivity index (χ1n) is 4.09. The highest BCUT2D eigenvalue weighted by atomic mass is 79.9. The van der Waals surface area contributed by atoms with Crippen molar-refractivity contribution >= 4 is 27.3 Å². The molecule has 0 aliphatic carbocycles. The minimum atomic E-state index is -0.503. The fourth-order valence-electron chi connectivity index (χ4n) is 1.06. The lowest BCUT2D eigenvalue weighted by Crippen LogP contribution is -2.42. The Kier molecular flexibility index (Phi) is 3.51. The molecule has 1 rings (SSSR count). The van der Waals surface area contributed by atoms with E-state index in [1.165, 1.54) is 9.75 Å².